The molecule has 0 atom stereocenters. The summed E-state index contributed by atoms with van der Waals surface area (Å²) in [6, 6.07) is 0. The first-order valence-electron chi connectivity index (χ1n) is 2.58. The highest BCUT2D eigenvalue weighted by Crippen LogP contribution is 1.95. The maximum absolute atomic E-state index is 9.89. The second-order valence-corrected chi connectivity index (χ2v) is 2.33. The third kappa shape index (κ3) is 5.63. The van der Waals surface area contributed by atoms with Crippen molar-refractivity contribution in [1.82, 2.24) is 5.32 Å². The second kappa shape index (κ2) is 5.95. The molecule has 1 N–H and O–H groups in total. The smallest absolute Gasteiger partial charge is 0.162 e. The Morgan fingerprint density at radius 3 is 1.64 bits per heavy atom. The molecule has 0 unspecified atom stereocenters. The van der Waals surface area contributed by atoms with Gasteiger partial charge in [-0.3, -0.25) is 9.59 Å². The van der Waals surface area contributed by atoms with Crippen LogP contribution < -0.4 is 5.32 Å². The molecule has 0 aliphatic carbocycles. The van der Waals surface area contributed by atoms with Crippen LogP contribution in [-0.2, 0) is 9.59 Å². The van der Waals surface area contributed by atoms with Gasteiger partial charge in [0.2, 0.25) is 0 Å². The predicted octanol–water partition coefficient (Wildman–Crippen LogP) is 1.13. The third-order valence-electron chi connectivity index (χ3n) is 0.668. The lowest BCUT2D eigenvalue weighted by Gasteiger charge is -1.88. The van der Waals surface area contributed by atoms with Crippen LogP contribution in [0.15, 0.2) is 22.5 Å². The lowest BCUT2D eigenvalue weighted by molar-refractivity contribution is -0.105. The highest BCUT2D eigenvalue weighted by atomic mass is 35.5. The lowest BCUT2D eigenvalue weighted by Crippen LogP contribution is -1.95. The Balaban J connectivity index is 3.89. The zero-order chi connectivity index (χ0) is 8.69. The summed E-state index contributed by atoms with van der Waals surface area (Å²) >= 11 is 10.5. The minimum absolute atomic E-state index is 0.00313. The fourth-order valence-electron chi connectivity index (χ4n) is 0.269. The van der Waals surface area contributed by atoms with Crippen molar-refractivity contribution in [3.63, 3.8) is 0 Å². The Labute approximate surface area is 73.7 Å². The van der Waals surface area contributed by atoms with E-state index in [9.17, 15) is 9.59 Å². The number of allylic oxidation sites excluding steroid dienone is 2. The van der Waals surface area contributed by atoms with E-state index in [0.29, 0.717) is 12.6 Å². The molecule has 0 bridgehead atoms. The van der Waals surface area contributed by atoms with Gasteiger partial charge in [-0.1, -0.05) is 23.2 Å². The van der Waals surface area contributed by atoms with Gasteiger partial charge < -0.3 is 5.32 Å². The maximum Gasteiger partial charge on any atom is 0.162 e. The van der Waals surface area contributed by atoms with Gasteiger partial charge in [-0.25, -0.2) is 0 Å². The molecule has 5 heteroatoms. The molecule has 0 amide bonds. The van der Waals surface area contributed by atoms with Crippen molar-refractivity contribution >= 4 is 35.8 Å². The van der Waals surface area contributed by atoms with Crippen molar-refractivity contribution in [1.29, 1.82) is 0 Å². The topological polar surface area (TPSA) is 46.2 Å². The van der Waals surface area contributed by atoms with E-state index in [4.69, 9.17) is 23.2 Å². The van der Waals surface area contributed by atoms with E-state index in [1.165, 1.54) is 12.4 Å². The Bertz CT molecular complexity index is 189. The minimum atomic E-state index is -0.00313. The van der Waals surface area contributed by atoms with Gasteiger partial charge in [0, 0.05) is 12.4 Å². The van der Waals surface area contributed by atoms with E-state index in [-0.39, 0.29) is 10.1 Å². The highest BCUT2D eigenvalue weighted by Gasteiger charge is 1.85. The van der Waals surface area contributed by atoms with E-state index in [1.54, 1.807) is 0 Å². The summed E-state index contributed by atoms with van der Waals surface area (Å²) in [5.41, 5.74) is 0. The molecule has 3 nitrogen and oxygen atoms in total. The zero-order valence-electron chi connectivity index (χ0n) is 5.38. The Morgan fingerprint density at radius 1 is 1.00 bits per heavy atom. The van der Waals surface area contributed by atoms with Crippen LogP contribution in [0.25, 0.3) is 0 Å². The average Bonchev–Trinajstić information content (AvgIpc) is 2.04. The van der Waals surface area contributed by atoms with Crippen LogP contribution in [0.5, 0.6) is 0 Å². The molecule has 0 radical (unpaired) electrons. The summed E-state index contributed by atoms with van der Waals surface area (Å²) in [6.45, 7) is 0. The van der Waals surface area contributed by atoms with Crippen LogP contribution in [-0.4, -0.2) is 12.6 Å². The van der Waals surface area contributed by atoms with E-state index < -0.39 is 0 Å². The van der Waals surface area contributed by atoms with Crippen molar-refractivity contribution in [3.8, 4) is 0 Å². The maximum atomic E-state index is 9.89. The summed E-state index contributed by atoms with van der Waals surface area (Å²) < 4.78 is 0. The van der Waals surface area contributed by atoms with E-state index in [0.717, 1.165) is 0 Å². The monoisotopic (exact) mass is 193 g/mol. The first-order valence-corrected chi connectivity index (χ1v) is 3.34. The fraction of sp³-hybridized carbons (Fsp3) is 0. The Kier molecular flexibility index (Phi) is 5.51. The van der Waals surface area contributed by atoms with Gasteiger partial charge in [-0.05, 0) is 0 Å². The largest absolute Gasteiger partial charge is 0.365 e. The molecule has 0 aromatic rings. The number of halogens is 2. The Hall–Kier alpha value is -0.800. The average molecular weight is 194 g/mol. The number of carbonyl (C=O) groups is 2. The van der Waals surface area contributed by atoms with Gasteiger partial charge in [-0.15, -0.1) is 0 Å². The van der Waals surface area contributed by atoms with Crippen LogP contribution in [0.2, 0.25) is 0 Å². The molecule has 0 saturated heterocycles. The van der Waals surface area contributed by atoms with Crippen LogP contribution in [0, 0.1) is 0 Å². The van der Waals surface area contributed by atoms with Crippen LogP contribution >= 0.6 is 23.2 Å². The van der Waals surface area contributed by atoms with Crippen molar-refractivity contribution in [2.24, 2.45) is 0 Å². The SMILES string of the molecule is O=C/C(Cl)=C\N/C=C(/Cl)C=O. The van der Waals surface area contributed by atoms with Gasteiger partial charge in [0.1, 0.15) is 0 Å². The molecule has 0 fully saturated rings. The van der Waals surface area contributed by atoms with Crippen LogP contribution in [0.3, 0.4) is 0 Å². The van der Waals surface area contributed by atoms with Gasteiger partial charge >= 0.3 is 0 Å². The first kappa shape index (κ1) is 10.2. The van der Waals surface area contributed by atoms with Gasteiger partial charge in [0.25, 0.3) is 0 Å². The third-order valence-corrected chi connectivity index (χ3v) is 1.06. The lowest BCUT2D eigenvalue weighted by atomic mass is 10.6. The number of nitrogens with one attached hydrogen (secondary N) is 1. The van der Waals surface area contributed by atoms with Crippen LogP contribution in [0.1, 0.15) is 0 Å². The number of hydrogen-bond acceptors (Lipinski definition) is 3. The molecule has 60 valence electrons. The van der Waals surface area contributed by atoms with E-state index >= 15 is 0 Å². The highest BCUT2D eigenvalue weighted by molar-refractivity contribution is 6.39. The summed E-state index contributed by atoms with van der Waals surface area (Å²) in [5.74, 6) is 0. The molecule has 0 saturated carbocycles. The number of aldehydes is 2. The minimum Gasteiger partial charge on any atom is -0.365 e. The van der Waals surface area contributed by atoms with E-state index in [2.05, 4.69) is 5.32 Å². The molecule has 0 heterocycles. The second-order valence-electron chi connectivity index (χ2n) is 1.46. The number of hydrogen-bond donors (Lipinski definition) is 1. The van der Waals surface area contributed by atoms with Gasteiger partial charge in [0.15, 0.2) is 12.6 Å². The van der Waals surface area contributed by atoms with Crippen LogP contribution in [0.4, 0.5) is 0 Å². The molecule has 0 aromatic carbocycles. The number of carbonyl (C=O) groups excluding carboxylic acids is 2. The first-order chi connectivity index (χ1) is 5.20. The number of rotatable bonds is 4. The van der Waals surface area contributed by atoms with Crippen molar-refractivity contribution in [2.75, 3.05) is 0 Å². The predicted molar refractivity (Wildman–Crippen MR) is 43.1 cm³/mol. The fourth-order valence-corrected chi connectivity index (χ4v) is 0.395. The summed E-state index contributed by atoms with van der Waals surface area (Å²) in [6.07, 6.45) is 3.33. The van der Waals surface area contributed by atoms with Crippen molar-refractivity contribution in [2.45, 2.75) is 0 Å². The molecular weight excluding hydrogens is 189 g/mol. The molecule has 0 aliphatic heterocycles. The standard InChI is InChI=1S/C6H5Cl2NO2/c7-5(3-10)1-9-2-6(8)4-11/h1-4,9H/b5-1+,6-2+. The molecule has 0 rings (SSSR count). The quantitative estimate of drug-likeness (QED) is 0.539. The molecule has 0 aromatic heterocycles. The van der Waals surface area contributed by atoms with Gasteiger partial charge in [-0.2, -0.15) is 0 Å². The van der Waals surface area contributed by atoms with Crippen molar-refractivity contribution in [3.05, 3.63) is 22.5 Å². The summed E-state index contributed by atoms with van der Waals surface area (Å²) in [4.78, 5) is 19.8. The molecule has 0 aliphatic rings. The Morgan fingerprint density at radius 2 is 1.36 bits per heavy atom. The molecule has 0 spiro atoms. The normalized spacial score (nSPS) is 12.5. The summed E-state index contributed by atoms with van der Waals surface area (Å²) in [7, 11) is 0. The van der Waals surface area contributed by atoms with Crippen molar-refractivity contribution < 1.29 is 9.59 Å². The van der Waals surface area contributed by atoms with Gasteiger partial charge in [0.05, 0.1) is 10.1 Å². The zero-order valence-corrected chi connectivity index (χ0v) is 6.89. The molecular formula is C6H5Cl2NO2. The molecule has 11 heavy (non-hydrogen) atoms. The van der Waals surface area contributed by atoms with E-state index in [1.807, 2.05) is 0 Å². The summed E-state index contributed by atoms with van der Waals surface area (Å²) in [5, 5.41) is 2.43.